The van der Waals surface area contributed by atoms with Crippen molar-refractivity contribution in [3.8, 4) is 0 Å². The summed E-state index contributed by atoms with van der Waals surface area (Å²) in [5.41, 5.74) is 7.73. The molecule has 4 heteroatoms. The largest absolute Gasteiger partial charge is 0.324 e. The molecule has 0 aliphatic heterocycles. The van der Waals surface area contributed by atoms with Gasteiger partial charge in [-0.05, 0) is 18.9 Å². The summed E-state index contributed by atoms with van der Waals surface area (Å²) in [5, 5.41) is 10.8. The first kappa shape index (κ1) is 13.6. The van der Waals surface area contributed by atoms with Crippen LogP contribution in [0.25, 0.3) is 0 Å². The van der Waals surface area contributed by atoms with E-state index in [-0.39, 0.29) is 16.7 Å². The van der Waals surface area contributed by atoms with Gasteiger partial charge in [-0.3, -0.25) is 10.1 Å². The highest BCUT2D eigenvalue weighted by Gasteiger charge is 2.14. The Hall–Kier alpha value is -1.42. The van der Waals surface area contributed by atoms with Crippen molar-refractivity contribution in [1.29, 1.82) is 0 Å². The molecule has 0 amide bonds. The Morgan fingerprint density at radius 1 is 1.41 bits per heavy atom. The monoisotopic (exact) mass is 236 g/mol. The van der Waals surface area contributed by atoms with E-state index in [1.54, 1.807) is 19.1 Å². The summed E-state index contributed by atoms with van der Waals surface area (Å²) in [6.07, 6.45) is 4.26. The summed E-state index contributed by atoms with van der Waals surface area (Å²) >= 11 is 0. The van der Waals surface area contributed by atoms with Gasteiger partial charge >= 0.3 is 0 Å². The molecule has 0 aliphatic carbocycles. The van der Waals surface area contributed by atoms with Crippen LogP contribution in [0.3, 0.4) is 0 Å². The van der Waals surface area contributed by atoms with E-state index in [0.29, 0.717) is 5.56 Å². The average molecular weight is 236 g/mol. The molecule has 0 saturated heterocycles. The van der Waals surface area contributed by atoms with Crippen LogP contribution in [0, 0.1) is 17.0 Å². The van der Waals surface area contributed by atoms with E-state index in [4.69, 9.17) is 5.73 Å². The zero-order valence-electron chi connectivity index (χ0n) is 10.5. The molecule has 0 unspecified atom stereocenters. The van der Waals surface area contributed by atoms with Crippen molar-refractivity contribution in [3.63, 3.8) is 0 Å². The van der Waals surface area contributed by atoms with Gasteiger partial charge in [-0.15, -0.1) is 0 Å². The number of unbranched alkanes of at least 4 members (excludes halogenated alkanes) is 2. The number of hydrogen-bond acceptors (Lipinski definition) is 3. The van der Waals surface area contributed by atoms with Crippen LogP contribution >= 0.6 is 0 Å². The molecule has 1 atom stereocenters. The van der Waals surface area contributed by atoms with Gasteiger partial charge in [-0.1, -0.05) is 38.3 Å². The fourth-order valence-corrected chi connectivity index (χ4v) is 1.83. The maximum Gasteiger partial charge on any atom is 0.272 e. The molecule has 0 aromatic heterocycles. The van der Waals surface area contributed by atoms with E-state index < -0.39 is 0 Å². The van der Waals surface area contributed by atoms with Crippen LogP contribution in [-0.4, -0.2) is 4.92 Å². The molecule has 4 nitrogen and oxygen atoms in total. The summed E-state index contributed by atoms with van der Waals surface area (Å²) in [7, 11) is 0. The van der Waals surface area contributed by atoms with Crippen molar-refractivity contribution in [3.05, 3.63) is 39.4 Å². The number of rotatable bonds is 6. The number of nitrogens with two attached hydrogens (primary N) is 1. The third-order valence-electron chi connectivity index (χ3n) is 2.98. The van der Waals surface area contributed by atoms with Crippen molar-refractivity contribution < 1.29 is 4.92 Å². The van der Waals surface area contributed by atoms with Crippen LogP contribution in [0.2, 0.25) is 0 Å². The quantitative estimate of drug-likeness (QED) is 0.467. The molecule has 1 aromatic rings. The highest BCUT2D eigenvalue weighted by atomic mass is 16.6. The van der Waals surface area contributed by atoms with Crippen LogP contribution in [0.15, 0.2) is 18.2 Å². The van der Waals surface area contributed by atoms with Gasteiger partial charge in [0.2, 0.25) is 0 Å². The van der Waals surface area contributed by atoms with Crippen LogP contribution in [-0.2, 0) is 0 Å². The van der Waals surface area contributed by atoms with Crippen molar-refractivity contribution in [1.82, 2.24) is 0 Å². The van der Waals surface area contributed by atoms with E-state index in [1.165, 1.54) is 0 Å². The lowest BCUT2D eigenvalue weighted by Gasteiger charge is -2.12. The standard InChI is InChI=1S/C13H20N2O2/c1-3-4-5-6-12(14)11-8-7-10(2)13(9-11)15(16)17/h7-9,12H,3-6,14H2,1-2H3/t12-/m1/s1. The number of benzene rings is 1. The van der Waals surface area contributed by atoms with Gasteiger partial charge in [0.1, 0.15) is 0 Å². The molecule has 0 saturated carbocycles. The average Bonchev–Trinajstić information content (AvgIpc) is 2.29. The summed E-state index contributed by atoms with van der Waals surface area (Å²) in [5.74, 6) is 0. The molecule has 0 spiro atoms. The fourth-order valence-electron chi connectivity index (χ4n) is 1.83. The summed E-state index contributed by atoms with van der Waals surface area (Å²) in [6, 6.07) is 5.17. The SMILES string of the molecule is CCCCC[C@@H](N)c1ccc(C)c([N+](=O)[O-])c1. The normalized spacial score (nSPS) is 12.4. The van der Waals surface area contributed by atoms with Gasteiger partial charge in [0.25, 0.3) is 5.69 Å². The Labute approximate surface area is 102 Å². The molecule has 0 heterocycles. The van der Waals surface area contributed by atoms with Gasteiger partial charge in [-0.2, -0.15) is 0 Å². The zero-order chi connectivity index (χ0) is 12.8. The lowest BCUT2D eigenvalue weighted by Crippen LogP contribution is -2.10. The maximum absolute atomic E-state index is 10.8. The van der Waals surface area contributed by atoms with Gasteiger partial charge in [-0.25, -0.2) is 0 Å². The minimum absolute atomic E-state index is 0.0964. The number of nitro groups is 1. The molecule has 1 aromatic carbocycles. The minimum Gasteiger partial charge on any atom is -0.324 e. The highest BCUT2D eigenvalue weighted by molar-refractivity contribution is 5.43. The van der Waals surface area contributed by atoms with E-state index in [2.05, 4.69) is 6.92 Å². The van der Waals surface area contributed by atoms with Gasteiger partial charge in [0.05, 0.1) is 4.92 Å². The van der Waals surface area contributed by atoms with E-state index in [9.17, 15) is 10.1 Å². The van der Waals surface area contributed by atoms with Crippen molar-refractivity contribution in [2.45, 2.75) is 45.6 Å². The molecule has 1 rings (SSSR count). The topological polar surface area (TPSA) is 69.2 Å². The van der Waals surface area contributed by atoms with Crippen LogP contribution < -0.4 is 5.73 Å². The third-order valence-corrected chi connectivity index (χ3v) is 2.98. The minimum atomic E-state index is -0.350. The molecule has 0 bridgehead atoms. The Morgan fingerprint density at radius 3 is 2.71 bits per heavy atom. The summed E-state index contributed by atoms with van der Waals surface area (Å²) in [6.45, 7) is 3.88. The predicted molar refractivity (Wildman–Crippen MR) is 68.9 cm³/mol. The Bertz CT molecular complexity index is 391. The second kappa shape index (κ2) is 6.35. The molecule has 0 fully saturated rings. The number of aryl methyl sites for hydroxylation is 1. The highest BCUT2D eigenvalue weighted by Crippen LogP contribution is 2.24. The lowest BCUT2D eigenvalue weighted by atomic mass is 9.99. The predicted octanol–water partition coefficient (Wildman–Crippen LogP) is 3.48. The second-order valence-electron chi connectivity index (χ2n) is 4.41. The van der Waals surface area contributed by atoms with E-state index in [1.807, 2.05) is 6.07 Å². The number of nitro benzene ring substituents is 1. The molecule has 2 N–H and O–H groups in total. The first-order valence-electron chi connectivity index (χ1n) is 6.06. The van der Waals surface area contributed by atoms with Gasteiger partial charge < -0.3 is 5.73 Å². The van der Waals surface area contributed by atoms with Crippen LogP contribution in [0.5, 0.6) is 0 Å². The number of nitrogens with zero attached hydrogens (tertiary/aromatic N) is 1. The molecule has 94 valence electrons. The maximum atomic E-state index is 10.8. The Balaban J connectivity index is 2.77. The van der Waals surface area contributed by atoms with Crippen molar-refractivity contribution >= 4 is 5.69 Å². The van der Waals surface area contributed by atoms with Gasteiger partial charge in [0, 0.05) is 17.7 Å². The van der Waals surface area contributed by atoms with Crippen molar-refractivity contribution in [2.24, 2.45) is 5.73 Å². The van der Waals surface area contributed by atoms with E-state index >= 15 is 0 Å². The fraction of sp³-hybridized carbons (Fsp3) is 0.538. The second-order valence-corrected chi connectivity index (χ2v) is 4.41. The Morgan fingerprint density at radius 2 is 2.12 bits per heavy atom. The zero-order valence-corrected chi connectivity index (χ0v) is 10.5. The molecular weight excluding hydrogens is 216 g/mol. The summed E-state index contributed by atoms with van der Waals surface area (Å²) < 4.78 is 0. The molecule has 0 radical (unpaired) electrons. The van der Waals surface area contributed by atoms with E-state index in [0.717, 1.165) is 31.2 Å². The molecule has 17 heavy (non-hydrogen) atoms. The smallest absolute Gasteiger partial charge is 0.272 e. The lowest BCUT2D eigenvalue weighted by molar-refractivity contribution is -0.385. The third kappa shape index (κ3) is 3.82. The first-order chi connectivity index (χ1) is 8.06. The first-order valence-corrected chi connectivity index (χ1v) is 6.06. The van der Waals surface area contributed by atoms with Crippen LogP contribution in [0.1, 0.15) is 49.8 Å². The molecule has 0 aliphatic rings. The molecular formula is C13H20N2O2. The van der Waals surface area contributed by atoms with Crippen molar-refractivity contribution in [2.75, 3.05) is 0 Å². The summed E-state index contributed by atoms with van der Waals surface area (Å²) in [4.78, 5) is 10.5. The van der Waals surface area contributed by atoms with Crippen LogP contribution in [0.4, 0.5) is 5.69 Å². The number of hydrogen-bond donors (Lipinski definition) is 1. The van der Waals surface area contributed by atoms with Gasteiger partial charge in [0.15, 0.2) is 0 Å². The Kier molecular flexibility index (Phi) is 5.10.